The maximum atomic E-state index is 13.5. The van der Waals surface area contributed by atoms with Crippen LogP contribution in [0.5, 0.6) is 0 Å². The van der Waals surface area contributed by atoms with Gasteiger partial charge in [0.1, 0.15) is 5.82 Å². The average molecular weight is 517 g/mol. The molecular formula is C22H37FIN5. The summed E-state index contributed by atoms with van der Waals surface area (Å²) in [5, 5.41) is 7.04. The van der Waals surface area contributed by atoms with E-state index in [0.29, 0.717) is 12.1 Å². The zero-order valence-electron chi connectivity index (χ0n) is 17.9. The number of nitrogens with zero attached hydrogens (tertiary/aromatic N) is 3. The number of hydrogen-bond donors (Lipinski definition) is 2. The third-order valence-corrected chi connectivity index (χ3v) is 5.97. The van der Waals surface area contributed by atoms with E-state index >= 15 is 0 Å². The summed E-state index contributed by atoms with van der Waals surface area (Å²) in [6.07, 6.45) is 5.95. The zero-order valence-corrected chi connectivity index (χ0v) is 20.2. The minimum atomic E-state index is -0.164. The topological polar surface area (TPSA) is 42.9 Å². The number of guanidine groups is 1. The lowest BCUT2D eigenvalue weighted by molar-refractivity contribution is 0.161. The van der Waals surface area contributed by atoms with Crippen molar-refractivity contribution < 1.29 is 4.39 Å². The number of nitrogens with one attached hydrogen (secondary N) is 2. The Morgan fingerprint density at radius 3 is 2.62 bits per heavy atom. The molecule has 0 amide bonds. The summed E-state index contributed by atoms with van der Waals surface area (Å²) < 4.78 is 13.5. The molecule has 164 valence electrons. The normalized spacial score (nSPS) is 21.6. The molecule has 2 saturated heterocycles. The average Bonchev–Trinajstić information content (AvgIpc) is 2.73. The first-order valence-corrected chi connectivity index (χ1v) is 11.0. The third-order valence-electron chi connectivity index (χ3n) is 5.97. The number of benzene rings is 1. The highest BCUT2D eigenvalue weighted by Crippen LogP contribution is 2.21. The smallest absolute Gasteiger partial charge is 0.191 e. The first-order valence-electron chi connectivity index (χ1n) is 11.0. The summed E-state index contributed by atoms with van der Waals surface area (Å²) >= 11 is 0. The molecular weight excluding hydrogens is 480 g/mol. The number of aliphatic imine (C=N–C) groups is 1. The molecule has 0 bridgehead atoms. The highest BCUT2D eigenvalue weighted by molar-refractivity contribution is 14.0. The molecule has 29 heavy (non-hydrogen) atoms. The molecule has 0 spiro atoms. The number of anilines is 1. The summed E-state index contributed by atoms with van der Waals surface area (Å²) in [6.45, 7) is 10.3. The van der Waals surface area contributed by atoms with Crippen molar-refractivity contribution >= 4 is 35.6 Å². The van der Waals surface area contributed by atoms with Gasteiger partial charge in [0.15, 0.2) is 5.96 Å². The van der Waals surface area contributed by atoms with Crippen LogP contribution in [-0.4, -0.2) is 62.2 Å². The van der Waals surface area contributed by atoms with Crippen molar-refractivity contribution in [3.63, 3.8) is 0 Å². The van der Waals surface area contributed by atoms with Gasteiger partial charge in [0.2, 0.25) is 0 Å². The van der Waals surface area contributed by atoms with Crippen LogP contribution in [-0.2, 0) is 0 Å². The predicted molar refractivity (Wildman–Crippen MR) is 131 cm³/mol. The number of hydrogen-bond acceptors (Lipinski definition) is 3. The molecule has 0 radical (unpaired) electrons. The van der Waals surface area contributed by atoms with Gasteiger partial charge in [-0.1, -0.05) is 19.4 Å². The number of likely N-dealkylation sites (N-methyl/N-ethyl adjacent to an activating group) is 1. The van der Waals surface area contributed by atoms with Crippen LogP contribution in [0.15, 0.2) is 29.3 Å². The van der Waals surface area contributed by atoms with Crippen molar-refractivity contribution in [2.45, 2.75) is 58.0 Å². The van der Waals surface area contributed by atoms with Crippen LogP contribution in [0.1, 0.15) is 46.0 Å². The first kappa shape index (κ1) is 24.2. The highest BCUT2D eigenvalue weighted by Gasteiger charge is 2.22. The molecule has 2 N–H and O–H groups in total. The van der Waals surface area contributed by atoms with Gasteiger partial charge in [0, 0.05) is 37.4 Å². The van der Waals surface area contributed by atoms with Crippen LogP contribution in [0.2, 0.25) is 0 Å². The van der Waals surface area contributed by atoms with Gasteiger partial charge in [-0.25, -0.2) is 4.39 Å². The fourth-order valence-corrected chi connectivity index (χ4v) is 4.35. The van der Waals surface area contributed by atoms with Gasteiger partial charge in [0.25, 0.3) is 0 Å². The fourth-order valence-electron chi connectivity index (χ4n) is 4.35. The summed E-state index contributed by atoms with van der Waals surface area (Å²) in [7, 11) is 0. The van der Waals surface area contributed by atoms with E-state index in [4.69, 9.17) is 4.99 Å². The van der Waals surface area contributed by atoms with Crippen molar-refractivity contribution in [2.24, 2.45) is 4.99 Å². The number of likely N-dealkylation sites (tertiary alicyclic amines) is 1. The van der Waals surface area contributed by atoms with Gasteiger partial charge in [0.05, 0.1) is 6.54 Å². The van der Waals surface area contributed by atoms with E-state index in [1.54, 1.807) is 12.1 Å². The van der Waals surface area contributed by atoms with E-state index in [-0.39, 0.29) is 29.8 Å². The van der Waals surface area contributed by atoms with Crippen LogP contribution in [0, 0.1) is 5.82 Å². The van der Waals surface area contributed by atoms with Crippen LogP contribution >= 0.6 is 24.0 Å². The van der Waals surface area contributed by atoms with Crippen LogP contribution in [0.25, 0.3) is 0 Å². The minimum Gasteiger partial charge on any atom is -0.371 e. The maximum absolute atomic E-state index is 13.5. The molecule has 2 fully saturated rings. The molecule has 0 saturated carbocycles. The largest absolute Gasteiger partial charge is 0.371 e. The lowest BCUT2D eigenvalue weighted by atomic mass is 10.0. The molecule has 0 aliphatic carbocycles. The third kappa shape index (κ3) is 7.27. The molecule has 0 aromatic heterocycles. The van der Waals surface area contributed by atoms with Crippen LogP contribution in [0.3, 0.4) is 0 Å². The monoisotopic (exact) mass is 517 g/mol. The van der Waals surface area contributed by atoms with Crippen molar-refractivity contribution in [1.82, 2.24) is 15.5 Å². The minimum absolute atomic E-state index is 0. The Morgan fingerprint density at radius 2 is 1.93 bits per heavy atom. The Hall–Kier alpha value is -1.09. The Balaban J connectivity index is 0.00000300. The van der Waals surface area contributed by atoms with Crippen LogP contribution < -0.4 is 15.5 Å². The van der Waals surface area contributed by atoms with Crippen molar-refractivity contribution in [3.8, 4) is 0 Å². The number of halogens is 2. The quantitative estimate of drug-likeness (QED) is 0.342. The Bertz CT molecular complexity index is 633. The zero-order chi connectivity index (χ0) is 19.8. The molecule has 5 nitrogen and oxygen atoms in total. The Kier molecular flexibility index (Phi) is 10.5. The summed E-state index contributed by atoms with van der Waals surface area (Å²) in [5.74, 6) is 0.775. The fraction of sp³-hybridized carbons (Fsp3) is 0.682. The molecule has 1 atom stereocenters. The molecule has 3 rings (SSSR count). The van der Waals surface area contributed by atoms with Gasteiger partial charge < -0.3 is 15.5 Å². The van der Waals surface area contributed by atoms with E-state index < -0.39 is 0 Å². The van der Waals surface area contributed by atoms with Crippen molar-refractivity contribution in [3.05, 3.63) is 30.1 Å². The molecule has 1 aromatic carbocycles. The van der Waals surface area contributed by atoms with E-state index in [2.05, 4.69) is 34.3 Å². The maximum Gasteiger partial charge on any atom is 0.191 e. The molecule has 7 heteroatoms. The number of piperidine rings is 2. The van der Waals surface area contributed by atoms with Gasteiger partial charge >= 0.3 is 0 Å². The van der Waals surface area contributed by atoms with Crippen molar-refractivity contribution in [1.29, 1.82) is 0 Å². The summed E-state index contributed by atoms with van der Waals surface area (Å²) in [6, 6.07) is 7.90. The lowest BCUT2D eigenvalue weighted by Crippen LogP contribution is -2.49. The predicted octanol–water partition coefficient (Wildman–Crippen LogP) is 3.84. The lowest BCUT2D eigenvalue weighted by Gasteiger charge is -2.35. The summed E-state index contributed by atoms with van der Waals surface area (Å²) in [4.78, 5) is 9.74. The van der Waals surface area contributed by atoms with E-state index in [1.165, 1.54) is 31.9 Å². The Labute approximate surface area is 192 Å². The second kappa shape index (κ2) is 12.6. The standard InChI is InChI=1S/C22H36FN5.HI/c1-3-24-22(25-17-21-9-5-6-13-27(21)4-2)26-19-11-14-28(15-12-19)20-10-7-8-18(23)16-20;/h7-8,10,16,19,21H,3-6,9,11-15,17H2,1-2H3,(H2,24,25,26);1H. The first-order chi connectivity index (χ1) is 13.7. The molecule has 1 unspecified atom stereocenters. The van der Waals surface area contributed by atoms with Crippen molar-refractivity contribution in [2.75, 3.05) is 44.2 Å². The van der Waals surface area contributed by atoms with E-state index in [1.807, 2.05) is 6.07 Å². The molecule has 2 aliphatic rings. The Morgan fingerprint density at radius 1 is 1.14 bits per heavy atom. The molecule has 1 aromatic rings. The van der Waals surface area contributed by atoms with E-state index in [9.17, 15) is 4.39 Å². The second-order valence-corrected chi connectivity index (χ2v) is 7.88. The summed E-state index contributed by atoms with van der Waals surface area (Å²) in [5.41, 5.74) is 0.982. The van der Waals surface area contributed by atoms with Gasteiger partial charge in [-0.15, -0.1) is 24.0 Å². The SMILES string of the molecule is CCNC(=NCC1CCCCN1CC)NC1CCN(c2cccc(F)c2)CC1.I. The van der Waals surface area contributed by atoms with E-state index in [0.717, 1.165) is 57.2 Å². The molecule has 2 heterocycles. The van der Waals surface area contributed by atoms with Gasteiger partial charge in [-0.2, -0.15) is 0 Å². The van der Waals surface area contributed by atoms with Gasteiger partial charge in [-0.05, 0) is 63.9 Å². The highest BCUT2D eigenvalue weighted by atomic mass is 127. The van der Waals surface area contributed by atoms with Gasteiger partial charge in [-0.3, -0.25) is 9.89 Å². The molecule has 2 aliphatic heterocycles. The number of rotatable bonds is 6. The van der Waals surface area contributed by atoms with Crippen LogP contribution in [0.4, 0.5) is 10.1 Å². The second-order valence-electron chi connectivity index (χ2n) is 7.88.